The highest BCUT2D eigenvalue weighted by Gasteiger charge is 2.28. The molecule has 0 saturated carbocycles. The molecule has 94 valence electrons. The Hall–Kier alpha value is -0.570. The topological polar surface area (TPSA) is 46.3 Å². The standard InChI is InChI=1S/C13H26N2O/c1-10(2)7-11(3)8-13(16)15-6-4-5-12(15)9-14/h10-12H,4-9,14H2,1-3H3. The summed E-state index contributed by atoms with van der Waals surface area (Å²) in [5, 5.41) is 0. The summed E-state index contributed by atoms with van der Waals surface area (Å²) in [6, 6.07) is 0.304. The van der Waals surface area contributed by atoms with Crippen molar-refractivity contribution in [1.29, 1.82) is 0 Å². The van der Waals surface area contributed by atoms with Crippen LogP contribution in [0.3, 0.4) is 0 Å². The van der Waals surface area contributed by atoms with Crippen LogP contribution in [0.25, 0.3) is 0 Å². The Kier molecular flexibility index (Phi) is 5.26. The van der Waals surface area contributed by atoms with Crippen LogP contribution in [0.15, 0.2) is 0 Å². The van der Waals surface area contributed by atoms with E-state index < -0.39 is 0 Å². The highest BCUT2D eigenvalue weighted by Crippen LogP contribution is 2.21. The minimum Gasteiger partial charge on any atom is -0.338 e. The molecular weight excluding hydrogens is 200 g/mol. The molecule has 1 rings (SSSR count). The second-order valence-corrected chi connectivity index (χ2v) is 5.56. The highest BCUT2D eigenvalue weighted by molar-refractivity contribution is 5.77. The average molecular weight is 226 g/mol. The van der Waals surface area contributed by atoms with Gasteiger partial charge in [0.25, 0.3) is 0 Å². The molecule has 0 aromatic carbocycles. The van der Waals surface area contributed by atoms with Gasteiger partial charge in [0.05, 0.1) is 0 Å². The SMILES string of the molecule is CC(C)CC(C)CC(=O)N1CCCC1CN. The van der Waals surface area contributed by atoms with Crippen LogP contribution >= 0.6 is 0 Å². The molecule has 0 radical (unpaired) electrons. The fraction of sp³-hybridized carbons (Fsp3) is 0.923. The summed E-state index contributed by atoms with van der Waals surface area (Å²) < 4.78 is 0. The van der Waals surface area contributed by atoms with Crippen molar-refractivity contribution in [3.8, 4) is 0 Å². The molecule has 3 nitrogen and oxygen atoms in total. The third kappa shape index (κ3) is 3.78. The van der Waals surface area contributed by atoms with Gasteiger partial charge in [-0.15, -0.1) is 0 Å². The first-order chi connectivity index (χ1) is 7.54. The molecule has 0 aromatic rings. The Balaban J connectivity index is 2.39. The molecule has 2 atom stereocenters. The summed E-state index contributed by atoms with van der Waals surface area (Å²) in [6.45, 7) is 8.11. The average Bonchev–Trinajstić information content (AvgIpc) is 2.63. The van der Waals surface area contributed by atoms with Gasteiger partial charge in [0.2, 0.25) is 5.91 Å². The second-order valence-electron chi connectivity index (χ2n) is 5.56. The lowest BCUT2D eigenvalue weighted by molar-refractivity contribution is -0.132. The number of carbonyl (C=O) groups is 1. The number of hydrogen-bond donors (Lipinski definition) is 1. The number of likely N-dealkylation sites (tertiary alicyclic amines) is 1. The molecule has 0 bridgehead atoms. The molecule has 2 unspecified atom stereocenters. The lowest BCUT2D eigenvalue weighted by Crippen LogP contribution is -2.40. The number of amides is 1. The van der Waals surface area contributed by atoms with Crippen LogP contribution in [-0.4, -0.2) is 29.9 Å². The van der Waals surface area contributed by atoms with Gasteiger partial charge in [-0.2, -0.15) is 0 Å². The molecule has 0 aliphatic carbocycles. The van der Waals surface area contributed by atoms with E-state index in [9.17, 15) is 4.79 Å². The third-order valence-corrected chi connectivity index (χ3v) is 3.37. The molecule has 3 heteroatoms. The van der Waals surface area contributed by atoms with Crippen molar-refractivity contribution in [2.75, 3.05) is 13.1 Å². The number of nitrogens with zero attached hydrogens (tertiary/aromatic N) is 1. The quantitative estimate of drug-likeness (QED) is 0.779. The molecule has 1 heterocycles. The van der Waals surface area contributed by atoms with E-state index >= 15 is 0 Å². The molecule has 1 amide bonds. The normalized spacial score (nSPS) is 22.8. The number of hydrogen-bond acceptors (Lipinski definition) is 2. The van der Waals surface area contributed by atoms with Crippen LogP contribution in [0.2, 0.25) is 0 Å². The minimum absolute atomic E-state index is 0.304. The first-order valence-corrected chi connectivity index (χ1v) is 6.54. The van der Waals surface area contributed by atoms with Crippen molar-refractivity contribution in [2.45, 2.75) is 52.5 Å². The molecule has 16 heavy (non-hydrogen) atoms. The maximum Gasteiger partial charge on any atom is 0.223 e. The van der Waals surface area contributed by atoms with Crippen molar-refractivity contribution in [1.82, 2.24) is 4.90 Å². The van der Waals surface area contributed by atoms with Gasteiger partial charge in [0.15, 0.2) is 0 Å². The van der Waals surface area contributed by atoms with Gasteiger partial charge in [0, 0.05) is 25.6 Å². The Bertz CT molecular complexity index is 228. The molecule has 1 fully saturated rings. The van der Waals surface area contributed by atoms with Crippen molar-refractivity contribution < 1.29 is 4.79 Å². The predicted molar refractivity (Wildman–Crippen MR) is 67.0 cm³/mol. The molecule has 0 aromatic heterocycles. The van der Waals surface area contributed by atoms with Crippen molar-refractivity contribution in [3.05, 3.63) is 0 Å². The van der Waals surface area contributed by atoms with E-state index in [-0.39, 0.29) is 0 Å². The van der Waals surface area contributed by atoms with Crippen molar-refractivity contribution in [3.63, 3.8) is 0 Å². The van der Waals surface area contributed by atoms with Gasteiger partial charge in [-0.05, 0) is 31.1 Å². The zero-order chi connectivity index (χ0) is 12.1. The number of nitrogens with two attached hydrogens (primary N) is 1. The summed E-state index contributed by atoms with van der Waals surface area (Å²) in [4.78, 5) is 14.1. The molecule has 1 aliphatic heterocycles. The third-order valence-electron chi connectivity index (χ3n) is 3.37. The largest absolute Gasteiger partial charge is 0.338 e. The molecule has 1 saturated heterocycles. The van der Waals surface area contributed by atoms with Crippen LogP contribution in [0, 0.1) is 11.8 Å². The van der Waals surface area contributed by atoms with Crippen molar-refractivity contribution in [2.24, 2.45) is 17.6 Å². The summed E-state index contributed by atoms with van der Waals surface area (Å²) in [5.74, 6) is 1.47. The lowest BCUT2D eigenvalue weighted by atomic mass is 9.95. The summed E-state index contributed by atoms with van der Waals surface area (Å²) >= 11 is 0. The second kappa shape index (κ2) is 6.24. The van der Waals surface area contributed by atoms with Gasteiger partial charge >= 0.3 is 0 Å². The maximum absolute atomic E-state index is 12.1. The zero-order valence-corrected chi connectivity index (χ0v) is 10.9. The zero-order valence-electron chi connectivity index (χ0n) is 10.9. The maximum atomic E-state index is 12.1. The molecule has 0 spiro atoms. The van der Waals surface area contributed by atoms with Gasteiger partial charge in [-0.25, -0.2) is 0 Å². The van der Waals surface area contributed by atoms with E-state index in [1.807, 2.05) is 4.90 Å². The van der Waals surface area contributed by atoms with Gasteiger partial charge in [-0.3, -0.25) is 4.79 Å². The van der Waals surface area contributed by atoms with Crippen LogP contribution in [0.1, 0.15) is 46.5 Å². The molecular formula is C13H26N2O. The van der Waals surface area contributed by atoms with Crippen LogP contribution in [0.5, 0.6) is 0 Å². The van der Waals surface area contributed by atoms with E-state index in [0.29, 0.717) is 36.8 Å². The van der Waals surface area contributed by atoms with Crippen molar-refractivity contribution >= 4 is 5.91 Å². The lowest BCUT2D eigenvalue weighted by Gasteiger charge is -2.25. The Morgan fingerprint density at radius 1 is 1.44 bits per heavy atom. The van der Waals surface area contributed by atoms with Gasteiger partial charge < -0.3 is 10.6 Å². The summed E-state index contributed by atoms with van der Waals surface area (Å²) in [5.41, 5.74) is 5.68. The van der Waals surface area contributed by atoms with E-state index in [0.717, 1.165) is 25.8 Å². The number of carbonyl (C=O) groups excluding carboxylic acids is 1. The summed E-state index contributed by atoms with van der Waals surface area (Å²) in [6.07, 6.45) is 4.02. The molecule has 2 N–H and O–H groups in total. The minimum atomic E-state index is 0.304. The summed E-state index contributed by atoms with van der Waals surface area (Å²) in [7, 11) is 0. The number of rotatable bonds is 5. The fourth-order valence-corrected chi connectivity index (χ4v) is 2.71. The van der Waals surface area contributed by atoms with Gasteiger partial charge in [0.1, 0.15) is 0 Å². The van der Waals surface area contributed by atoms with Crippen LogP contribution in [0.4, 0.5) is 0 Å². The van der Waals surface area contributed by atoms with Crippen LogP contribution in [-0.2, 0) is 4.79 Å². The molecule has 1 aliphatic rings. The van der Waals surface area contributed by atoms with Gasteiger partial charge in [-0.1, -0.05) is 20.8 Å². The van der Waals surface area contributed by atoms with E-state index in [4.69, 9.17) is 5.73 Å². The first-order valence-electron chi connectivity index (χ1n) is 6.54. The highest BCUT2D eigenvalue weighted by atomic mass is 16.2. The van der Waals surface area contributed by atoms with E-state index in [1.54, 1.807) is 0 Å². The monoisotopic (exact) mass is 226 g/mol. The van der Waals surface area contributed by atoms with E-state index in [2.05, 4.69) is 20.8 Å². The fourth-order valence-electron chi connectivity index (χ4n) is 2.71. The first kappa shape index (κ1) is 13.5. The Morgan fingerprint density at radius 3 is 2.69 bits per heavy atom. The van der Waals surface area contributed by atoms with Crippen LogP contribution < -0.4 is 5.73 Å². The predicted octanol–water partition coefficient (Wildman–Crippen LogP) is 2.01. The Morgan fingerprint density at radius 2 is 2.12 bits per heavy atom. The smallest absolute Gasteiger partial charge is 0.223 e. The Labute approximate surface area is 99.4 Å². The van der Waals surface area contributed by atoms with E-state index in [1.165, 1.54) is 0 Å².